The fourth-order valence-corrected chi connectivity index (χ4v) is 3.78. The average molecular weight is 266 g/mol. The quantitative estimate of drug-likeness (QED) is 0.853. The van der Waals surface area contributed by atoms with Gasteiger partial charge in [-0.15, -0.1) is 0 Å². The Hall–Kier alpha value is -1.42. The molecule has 0 aliphatic carbocycles. The fraction of sp³-hybridized carbons (Fsp3) is 0.417. The number of nitriles is 1. The lowest BCUT2D eigenvalue weighted by Crippen LogP contribution is -2.64. The number of nitrogens with zero attached hydrogens (tertiary/aromatic N) is 2. The molecule has 1 aromatic rings. The maximum Gasteiger partial charge on any atom is 0.212 e. The van der Waals surface area contributed by atoms with Gasteiger partial charge in [-0.05, 0) is 5.56 Å². The van der Waals surface area contributed by atoms with Gasteiger partial charge in [0.15, 0.2) is 0 Å². The second-order valence-electron chi connectivity index (χ2n) is 4.35. The van der Waals surface area contributed by atoms with E-state index in [1.54, 1.807) is 0 Å². The topological polar surface area (TPSA) is 81.4 Å². The minimum absolute atomic E-state index is 0.268. The molecular weight excluding hydrogens is 252 g/mol. The maximum atomic E-state index is 11.6. The summed E-state index contributed by atoms with van der Waals surface area (Å²) in [6, 6.07) is 9.93. The highest BCUT2D eigenvalue weighted by atomic mass is 32.2. The second-order valence-corrected chi connectivity index (χ2v) is 6.24. The van der Waals surface area contributed by atoms with Crippen molar-refractivity contribution >= 4 is 10.0 Å². The zero-order chi connectivity index (χ0) is 13.3. The van der Waals surface area contributed by atoms with E-state index >= 15 is 0 Å². The Kier molecular flexibility index (Phi) is 3.39. The van der Waals surface area contributed by atoms with Crippen LogP contribution in [0.1, 0.15) is 11.5 Å². The number of hydrogen-bond donors (Lipinski definition) is 1. The molecule has 18 heavy (non-hydrogen) atoms. The fourth-order valence-electron chi connectivity index (χ4n) is 2.49. The van der Waals surface area contributed by atoms with E-state index in [0.29, 0.717) is 0 Å². The molecule has 0 unspecified atom stereocenters. The molecule has 3 atom stereocenters. The molecule has 5 nitrogen and oxygen atoms in total. The minimum atomic E-state index is -3.48. The smallest absolute Gasteiger partial charge is 0.212 e. The number of hydrogen-bond acceptors (Lipinski definition) is 4. The van der Waals surface area contributed by atoms with Crippen LogP contribution in [-0.4, -0.2) is 42.8 Å². The van der Waals surface area contributed by atoms with Crippen molar-refractivity contribution < 1.29 is 13.5 Å². The van der Waals surface area contributed by atoms with Crippen molar-refractivity contribution in [2.24, 2.45) is 0 Å². The lowest BCUT2D eigenvalue weighted by atomic mass is 9.78. The van der Waals surface area contributed by atoms with Crippen LogP contribution in [0.15, 0.2) is 30.3 Å². The molecule has 1 aromatic carbocycles. The van der Waals surface area contributed by atoms with Crippen molar-refractivity contribution in [1.82, 2.24) is 4.31 Å². The Bertz CT molecular complexity index is 565. The summed E-state index contributed by atoms with van der Waals surface area (Å²) in [5.74, 6) is -0.268. The van der Waals surface area contributed by atoms with Crippen LogP contribution in [0, 0.1) is 11.3 Å². The van der Waals surface area contributed by atoms with Crippen LogP contribution in [0.4, 0.5) is 0 Å². The van der Waals surface area contributed by atoms with Gasteiger partial charge >= 0.3 is 0 Å². The lowest BCUT2D eigenvalue weighted by molar-refractivity contribution is 0.0564. The molecule has 1 heterocycles. The van der Waals surface area contributed by atoms with Crippen molar-refractivity contribution in [2.45, 2.75) is 18.0 Å². The van der Waals surface area contributed by atoms with Crippen LogP contribution < -0.4 is 0 Å². The molecule has 6 heteroatoms. The standard InChI is InChI=1S/C12H14N2O3S/c1-18(16,17)14-10(7-13)12(11(14)8-15)9-5-3-2-4-6-9/h2-6,10-12,15H,8H2,1H3/t10-,11+,12-/m0/s1. The van der Waals surface area contributed by atoms with Crippen LogP contribution in [0.3, 0.4) is 0 Å². The van der Waals surface area contributed by atoms with Gasteiger partial charge in [0.2, 0.25) is 10.0 Å². The normalized spacial score (nSPS) is 28.4. The van der Waals surface area contributed by atoms with E-state index in [9.17, 15) is 13.5 Å². The van der Waals surface area contributed by atoms with Crippen molar-refractivity contribution in [3.05, 3.63) is 35.9 Å². The number of sulfonamides is 1. The Morgan fingerprint density at radius 1 is 1.39 bits per heavy atom. The number of benzene rings is 1. The Morgan fingerprint density at radius 3 is 2.44 bits per heavy atom. The van der Waals surface area contributed by atoms with Gasteiger partial charge in [0.25, 0.3) is 0 Å². The van der Waals surface area contributed by atoms with Crippen LogP contribution in [0.5, 0.6) is 0 Å². The Labute approximate surface area is 106 Å². The Morgan fingerprint density at radius 2 is 2.00 bits per heavy atom. The summed E-state index contributed by atoms with van der Waals surface area (Å²) in [6.45, 7) is -0.287. The monoisotopic (exact) mass is 266 g/mol. The zero-order valence-electron chi connectivity index (χ0n) is 9.89. The molecular formula is C12H14N2O3S. The van der Waals surface area contributed by atoms with Crippen LogP contribution in [0.2, 0.25) is 0 Å². The predicted octanol–water partition coefficient (Wildman–Crippen LogP) is 0.298. The molecule has 0 amide bonds. The molecule has 1 aliphatic rings. The van der Waals surface area contributed by atoms with Crippen molar-refractivity contribution in [1.29, 1.82) is 5.26 Å². The Balaban J connectivity index is 2.37. The van der Waals surface area contributed by atoms with Gasteiger partial charge in [0.1, 0.15) is 6.04 Å². The van der Waals surface area contributed by atoms with E-state index in [1.807, 2.05) is 36.4 Å². The van der Waals surface area contributed by atoms with Gasteiger partial charge in [-0.1, -0.05) is 30.3 Å². The highest BCUT2D eigenvalue weighted by Gasteiger charge is 2.53. The van der Waals surface area contributed by atoms with Crippen molar-refractivity contribution in [3.8, 4) is 6.07 Å². The SMILES string of the molecule is CS(=O)(=O)N1[C@H](CO)[C@@H](c2ccccc2)[C@@H]1C#N. The first-order chi connectivity index (χ1) is 8.50. The number of rotatable bonds is 3. The summed E-state index contributed by atoms with van der Waals surface area (Å²) in [5, 5.41) is 18.5. The van der Waals surface area contributed by atoms with E-state index in [4.69, 9.17) is 5.26 Å². The average Bonchev–Trinajstić information content (AvgIpc) is 2.28. The third-order valence-electron chi connectivity index (χ3n) is 3.24. The van der Waals surface area contributed by atoms with Gasteiger partial charge < -0.3 is 5.11 Å². The van der Waals surface area contributed by atoms with E-state index in [-0.39, 0.29) is 12.5 Å². The van der Waals surface area contributed by atoms with Crippen LogP contribution >= 0.6 is 0 Å². The summed E-state index contributed by atoms with van der Waals surface area (Å²) in [4.78, 5) is 0. The summed E-state index contributed by atoms with van der Waals surface area (Å²) in [7, 11) is -3.48. The zero-order valence-corrected chi connectivity index (χ0v) is 10.7. The van der Waals surface area contributed by atoms with Crippen molar-refractivity contribution in [2.75, 3.05) is 12.9 Å². The predicted molar refractivity (Wildman–Crippen MR) is 66.1 cm³/mol. The highest BCUT2D eigenvalue weighted by molar-refractivity contribution is 7.88. The summed E-state index contributed by atoms with van der Waals surface area (Å²) in [6.07, 6.45) is 1.06. The third kappa shape index (κ3) is 2.01. The van der Waals surface area contributed by atoms with Gasteiger partial charge in [0, 0.05) is 5.92 Å². The number of aliphatic hydroxyl groups excluding tert-OH is 1. The summed E-state index contributed by atoms with van der Waals surface area (Å²) in [5.41, 5.74) is 0.878. The van der Waals surface area contributed by atoms with Crippen molar-refractivity contribution in [3.63, 3.8) is 0 Å². The first-order valence-corrected chi connectivity index (χ1v) is 7.39. The molecule has 1 N–H and O–H groups in total. The molecule has 0 radical (unpaired) electrons. The molecule has 1 saturated heterocycles. The molecule has 0 spiro atoms. The maximum absolute atomic E-state index is 11.6. The highest BCUT2D eigenvalue weighted by Crippen LogP contribution is 2.41. The van der Waals surface area contributed by atoms with E-state index in [1.165, 1.54) is 0 Å². The lowest BCUT2D eigenvalue weighted by Gasteiger charge is -2.49. The van der Waals surface area contributed by atoms with Gasteiger partial charge in [-0.25, -0.2) is 8.42 Å². The van der Waals surface area contributed by atoms with E-state index in [0.717, 1.165) is 16.1 Å². The van der Waals surface area contributed by atoms with Gasteiger partial charge in [-0.3, -0.25) is 0 Å². The largest absolute Gasteiger partial charge is 0.395 e. The molecule has 96 valence electrons. The minimum Gasteiger partial charge on any atom is -0.395 e. The van der Waals surface area contributed by atoms with Gasteiger partial charge in [0.05, 0.1) is 25.0 Å². The summed E-state index contributed by atoms with van der Waals surface area (Å²) >= 11 is 0. The second kappa shape index (κ2) is 4.69. The molecule has 2 rings (SSSR count). The first-order valence-electron chi connectivity index (χ1n) is 5.54. The molecule has 0 bridgehead atoms. The first kappa shape index (κ1) is 13.0. The van der Waals surface area contributed by atoms with Crippen LogP contribution in [0.25, 0.3) is 0 Å². The van der Waals surface area contributed by atoms with E-state index < -0.39 is 22.1 Å². The number of aliphatic hydroxyl groups is 1. The molecule has 1 fully saturated rings. The molecule has 0 aromatic heterocycles. The molecule has 1 aliphatic heterocycles. The van der Waals surface area contributed by atoms with E-state index in [2.05, 4.69) is 0 Å². The molecule has 0 saturated carbocycles. The summed E-state index contributed by atoms with van der Waals surface area (Å²) < 4.78 is 24.3. The third-order valence-corrected chi connectivity index (χ3v) is 4.51. The van der Waals surface area contributed by atoms with Gasteiger partial charge in [-0.2, -0.15) is 9.57 Å². The van der Waals surface area contributed by atoms with Crippen LogP contribution in [-0.2, 0) is 10.0 Å².